The number of halogens is 1. The zero-order chi connectivity index (χ0) is 12.8. The smallest absolute Gasteiger partial charge is 0.0771 e. The molecule has 0 atom stereocenters. The summed E-state index contributed by atoms with van der Waals surface area (Å²) < 4.78 is 0. The minimum absolute atomic E-state index is 0.532. The summed E-state index contributed by atoms with van der Waals surface area (Å²) in [7, 11) is 0. The number of aromatic nitrogens is 1. The van der Waals surface area contributed by atoms with Gasteiger partial charge in [0.25, 0.3) is 0 Å². The van der Waals surface area contributed by atoms with Gasteiger partial charge in [0.05, 0.1) is 10.6 Å². The first-order valence-corrected chi connectivity index (χ1v) is 7.09. The Labute approximate surface area is 114 Å². The summed E-state index contributed by atoms with van der Waals surface area (Å²) in [5.41, 5.74) is 0.500. The van der Waals surface area contributed by atoms with Gasteiger partial charge in [0, 0.05) is 25.5 Å². The molecule has 0 amide bonds. The van der Waals surface area contributed by atoms with Gasteiger partial charge < -0.3 is 10.4 Å². The zero-order valence-electron chi connectivity index (χ0n) is 10.7. The summed E-state index contributed by atoms with van der Waals surface area (Å²) in [4.78, 5) is 3.96. The molecule has 1 aliphatic carbocycles. The highest BCUT2D eigenvalue weighted by atomic mass is 35.5. The summed E-state index contributed by atoms with van der Waals surface area (Å²) in [5.74, 6) is 0. The monoisotopic (exact) mass is 268 g/mol. The number of aliphatic hydroxyl groups is 1. The largest absolute Gasteiger partial charge is 0.389 e. The molecule has 2 rings (SSSR count). The lowest BCUT2D eigenvalue weighted by atomic mass is 9.94. The Bertz CT molecular complexity index is 376. The lowest BCUT2D eigenvalue weighted by Gasteiger charge is -2.27. The van der Waals surface area contributed by atoms with Crippen molar-refractivity contribution in [1.82, 2.24) is 10.3 Å². The van der Waals surface area contributed by atoms with Crippen LogP contribution < -0.4 is 5.32 Å². The van der Waals surface area contributed by atoms with Gasteiger partial charge in [0.2, 0.25) is 0 Å². The van der Waals surface area contributed by atoms with Gasteiger partial charge in [-0.15, -0.1) is 0 Å². The number of nitrogens with one attached hydrogen (secondary N) is 1. The minimum Gasteiger partial charge on any atom is -0.389 e. The third kappa shape index (κ3) is 3.94. The maximum absolute atomic E-state index is 10.5. The highest BCUT2D eigenvalue weighted by Gasteiger charge is 2.27. The maximum Gasteiger partial charge on any atom is 0.0771 e. The van der Waals surface area contributed by atoms with Crippen molar-refractivity contribution in [2.75, 3.05) is 6.54 Å². The van der Waals surface area contributed by atoms with E-state index < -0.39 is 5.60 Å². The van der Waals surface area contributed by atoms with Gasteiger partial charge in [0.1, 0.15) is 0 Å². The average Bonchev–Trinajstić information content (AvgIpc) is 2.57. The van der Waals surface area contributed by atoms with Crippen molar-refractivity contribution in [2.45, 2.75) is 50.7 Å². The lowest BCUT2D eigenvalue weighted by molar-refractivity contribution is 0.0250. The third-order valence-corrected chi connectivity index (χ3v) is 4.00. The standard InChI is InChI=1S/C14H21ClN2O/c15-13-10-16-8-5-12(13)9-17-11-14(18)6-3-1-2-4-7-14/h5,8,10,17-18H,1-4,6-7,9,11H2. The Balaban J connectivity index is 1.82. The van der Waals surface area contributed by atoms with Crippen LogP contribution in [0, 0.1) is 0 Å². The number of pyridine rings is 1. The van der Waals surface area contributed by atoms with Crippen LogP contribution in [0.4, 0.5) is 0 Å². The van der Waals surface area contributed by atoms with E-state index >= 15 is 0 Å². The maximum atomic E-state index is 10.5. The number of rotatable bonds is 4. The van der Waals surface area contributed by atoms with E-state index in [0.717, 1.165) is 31.2 Å². The second-order valence-corrected chi connectivity index (χ2v) is 5.62. The highest BCUT2D eigenvalue weighted by Crippen LogP contribution is 2.26. The van der Waals surface area contributed by atoms with Crippen molar-refractivity contribution in [3.63, 3.8) is 0 Å². The molecule has 1 heterocycles. The molecule has 0 aromatic carbocycles. The molecule has 1 aliphatic rings. The number of hydrogen-bond acceptors (Lipinski definition) is 3. The quantitative estimate of drug-likeness (QED) is 0.826. The summed E-state index contributed by atoms with van der Waals surface area (Å²) >= 11 is 6.04. The summed E-state index contributed by atoms with van der Waals surface area (Å²) in [5, 5.41) is 14.5. The normalized spacial score (nSPS) is 19.4. The van der Waals surface area contributed by atoms with Gasteiger partial charge in [-0.2, -0.15) is 0 Å². The van der Waals surface area contributed by atoms with E-state index in [2.05, 4.69) is 10.3 Å². The van der Waals surface area contributed by atoms with Crippen LogP contribution in [0.25, 0.3) is 0 Å². The van der Waals surface area contributed by atoms with E-state index in [9.17, 15) is 5.11 Å². The molecule has 100 valence electrons. The van der Waals surface area contributed by atoms with Gasteiger partial charge in [-0.05, 0) is 24.5 Å². The molecule has 1 aromatic rings. The summed E-state index contributed by atoms with van der Waals surface area (Å²) in [6.07, 6.45) is 9.97. The first-order chi connectivity index (χ1) is 8.70. The van der Waals surface area contributed by atoms with Crippen molar-refractivity contribution in [3.8, 4) is 0 Å². The molecule has 0 aliphatic heterocycles. The van der Waals surface area contributed by atoms with E-state index in [1.54, 1.807) is 12.4 Å². The fraction of sp³-hybridized carbons (Fsp3) is 0.643. The summed E-state index contributed by atoms with van der Waals surface area (Å²) in [6, 6.07) is 1.91. The molecular formula is C14H21ClN2O. The highest BCUT2D eigenvalue weighted by molar-refractivity contribution is 6.31. The second-order valence-electron chi connectivity index (χ2n) is 5.21. The molecule has 0 radical (unpaired) electrons. The van der Waals surface area contributed by atoms with E-state index in [4.69, 9.17) is 11.6 Å². The Kier molecular flexibility index (Phi) is 4.98. The molecule has 0 saturated heterocycles. The molecule has 0 spiro atoms. The Morgan fingerprint density at radius 2 is 2.00 bits per heavy atom. The van der Waals surface area contributed by atoms with Crippen LogP contribution in [-0.4, -0.2) is 22.2 Å². The Hall–Kier alpha value is -0.640. The van der Waals surface area contributed by atoms with Crippen LogP contribution in [0.15, 0.2) is 18.5 Å². The fourth-order valence-electron chi connectivity index (χ4n) is 2.54. The molecule has 0 unspecified atom stereocenters. The average molecular weight is 269 g/mol. The van der Waals surface area contributed by atoms with Crippen LogP contribution in [0.5, 0.6) is 0 Å². The predicted molar refractivity (Wildman–Crippen MR) is 73.6 cm³/mol. The van der Waals surface area contributed by atoms with Crippen LogP contribution in [-0.2, 0) is 6.54 Å². The van der Waals surface area contributed by atoms with Gasteiger partial charge in [0.15, 0.2) is 0 Å². The molecular weight excluding hydrogens is 248 g/mol. The predicted octanol–water partition coefficient (Wildman–Crippen LogP) is 2.91. The Morgan fingerprint density at radius 3 is 2.67 bits per heavy atom. The summed E-state index contributed by atoms with van der Waals surface area (Å²) in [6.45, 7) is 1.33. The SMILES string of the molecule is OC1(CNCc2ccncc2Cl)CCCCCC1. The molecule has 18 heavy (non-hydrogen) atoms. The van der Waals surface area contributed by atoms with Crippen LogP contribution in [0.2, 0.25) is 5.02 Å². The first kappa shape index (κ1) is 13.8. The molecule has 1 fully saturated rings. The molecule has 1 saturated carbocycles. The van der Waals surface area contributed by atoms with E-state index in [1.165, 1.54) is 12.8 Å². The van der Waals surface area contributed by atoms with Crippen LogP contribution in [0.3, 0.4) is 0 Å². The van der Waals surface area contributed by atoms with Gasteiger partial charge in [-0.3, -0.25) is 4.98 Å². The van der Waals surface area contributed by atoms with Crippen LogP contribution >= 0.6 is 11.6 Å². The van der Waals surface area contributed by atoms with Crippen molar-refractivity contribution < 1.29 is 5.11 Å². The zero-order valence-corrected chi connectivity index (χ0v) is 11.4. The van der Waals surface area contributed by atoms with Crippen LogP contribution in [0.1, 0.15) is 44.1 Å². The lowest BCUT2D eigenvalue weighted by Crippen LogP contribution is -2.39. The molecule has 0 bridgehead atoms. The van der Waals surface area contributed by atoms with Crippen molar-refractivity contribution >= 4 is 11.6 Å². The Morgan fingerprint density at radius 1 is 1.28 bits per heavy atom. The van der Waals surface area contributed by atoms with Crippen molar-refractivity contribution in [2.24, 2.45) is 0 Å². The number of nitrogens with zero attached hydrogens (tertiary/aromatic N) is 1. The second kappa shape index (κ2) is 6.50. The molecule has 2 N–H and O–H groups in total. The number of hydrogen-bond donors (Lipinski definition) is 2. The van der Waals surface area contributed by atoms with Gasteiger partial charge in [-0.25, -0.2) is 0 Å². The third-order valence-electron chi connectivity index (χ3n) is 3.66. The minimum atomic E-state index is -0.532. The molecule has 1 aromatic heterocycles. The topological polar surface area (TPSA) is 45.1 Å². The van der Waals surface area contributed by atoms with Gasteiger partial charge in [-0.1, -0.05) is 37.3 Å². The van der Waals surface area contributed by atoms with E-state index in [-0.39, 0.29) is 0 Å². The molecule has 3 nitrogen and oxygen atoms in total. The van der Waals surface area contributed by atoms with Gasteiger partial charge >= 0.3 is 0 Å². The van der Waals surface area contributed by atoms with E-state index in [0.29, 0.717) is 18.1 Å². The van der Waals surface area contributed by atoms with E-state index in [1.807, 2.05) is 6.07 Å². The van der Waals surface area contributed by atoms with Crippen molar-refractivity contribution in [3.05, 3.63) is 29.0 Å². The fourth-order valence-corrected chi connectivity index (χ4v) is 2.73. The van der Waals surface area contributed by atoms with Crippen molar-refractivity contribution in [1.29, 1.82) is 0 Å². The first-order valence-electron chi connectivity index (χ1n) is 6.71. The molecule has 4 heteroatoms.